The molecular weight excluding hydrogens is 1840 g/mol. The van der Waals surface area contributed by atoms with E-state index < -0.39 is 0 Å². The van der Waals surface area contributed by atoms with Crippen molar-refractivity contribution < 1.29 is 38.1 Å². The van der Waals surface area contributed by atoms with Crippen molar-refractivity contribution in [2.24, 2.45) is 23.7 Å². The van der Waals surface area contributed by atoms with Gasteiger partial charge in [0, 0.05) is 133 Å². The van der Waals surface area contributed by atoms with E-state index in [0.29, 0.717) is 71.4 Å². The van der Waals surface area contributed by atoms with E-state index in [1.165, 1.54) is 61.0 Å². The van der Waals surface area contributed by atoms with Crippen molar-refractivity contribution in [2.75, 3.05) is 93.9 Å². The van der Waals surface area contributed by atoms with Gasteiger partial charge in [-0.2, -0.15) is 0 Å². The van der Waals surface area contributed by atoms with Crippen LogP contribution in [0, 0.1) is 23.7 Å². The molecule has 18 nitrogen and oxygen atoms in total. The standard InChI is InChI=1S/C34H39N3O2.C31H34Cl2N2O4.C27H27Cl2N3O.C27H30N2O/c1-39-20-8-19-36-23-28(31-13-5-6-14-33(31)36)24-37(29-15-16-29)34(38)32-22-35-18-17-30(32)27-12-7-11-26(21-27)25-9-3-2-4-10-25;1-37-25-13-20(14-26(16-25)38-2)19-39-24-7-3-5-21(15-24)27-11-12-34-17-28(27)31(36)35(23-9-10-23)18-22-6-4-8-29(32)30(22)33;28-25-8-2-6-21(26(25)29)17-32(22-9-10-22)27(33)24-16-31-13-11-23(24)19-5-1-4-18(14-19)20-7-3-12-30-15-20;1-29(18-16-21-9-4-2-5-10-21)27(30)26-20-28-17-15-25(26)24-14-8-13-23(19-24)22-11-6-3-7-12-22/h2-7,9-14,21,23,29-30,32,35H,8,15-20,22,24H2,1H3;3-8,13-16,23,27-28,34H,9-12,17-19H2,1-2H3;1-8,12,14-15,22-24,31H,9-11,13,16-17H2;2-14,19,25-26,28H,15-18,20H2,1H3/t30-,32+;27-,28+;23-,24+;25-,26+/m1111/s1. The van der Waals surface area contributed by atoms with E-state index in [0.717, 1.165) is 187 Å². The van der Waals surface area contributed by atoms with Gasteiger partial charge in [0.2, 0.25) is 23.6 Å². The van der Waals surface area contributed by atoms with Gasteiger partial charge < -0.3 is 64.4 Å². The topological polar surface area (TPSA) is 184 Å². The minimum atomic E-state index is -0.171. The summed E-state index contributed by atoms with van der Waals surface area (Å²) in [7, 11) is 6.96. The lowest BCUT2D eigenvalue weighted by atomic mass is 9.79. The number of piperidine rings is 4. The predicted molar refractivity (Wildman–Crippen MR) is 568 cm³/mol. The Morgan fingerprint density at radius 1 is 0.390 bits per heavy atom. The second-order valence-electron chi connectivity index (χ2n) is 38.5. The average molecular weight is 1970 g/mol. The minimum Gasteiger partial charge on any atom is -0.497 e. The number of rotatable bonds is 32. The molecular formula is C119H130Cl4N10O8. The van der Waals surface area contributed by atoms with Gasteiger partial charge in [0.25, 0.3) is 0 Å². The Morgan fingerprint density at radius 2 is 0.794 bits per heavy atom. The van der Waals surface area contributed by atoms with Crippen molar-refractivity contribution in [1.82, 2.24) is 50.4 Å². The normalized spacial score (nSPS) is 19.3. The molecule has 0 unspecified atom stereocenters. The van der Waals surface area contributed by atoms with Crippen LogP contribution in [0.1, 0.15) is 144 Å². The number of fused-ring (bicyclic) bond motifs is 1. The third kappa shape index (κ3) is 26.3. The molecule has 7 fully saturated rings. The average Bonchev–Trinajstić information content (AvgIpc) is 1.61. The molecule has 141 heavy (non-hydrogen) atoms. The lowest BCUT2D eigenvalue weighted by Crippen LogP contribution is -2.47. The van der Waals surface area contributed by atoms with E-state index in [-0.39, 0.29) is 77.1 Å². The van der Waals surface area contributed by atoms with E-state index in [9.17, 15) is 19.2 Å². The molecule has 11 aromatic carbocycles. The van der Waals surface area contributed by atoms with E-state index in [1.807, 2.05) is 101 Å². The number of carbonyl (C=O) groups is 4. The summed E-state index contributed by atoms with van der Waals surface area (Å²) in [6, 6.07) is 96.2. The van der Waals surface area contributed by atoms with Crippen molar-refractivity contribution in [3.63, 3.8) is 0 Å². The van der Waals surface area contributed by atoms with Crippen molar-refractivity contribution in [3.8, 4) is 50.6 Å². The fraction of sp³-hybridized carbons (Fsp3) is 0.353. The molecule has 0 bridgehead atoms. The second kappa shape index (κ2) is 49.4. The van der Waals surface area contributed by atoms with E-state index in [4.69, 9.17) is 65.4 Å². The summed E-state index contributed by atoms with van der Waals surface area (Å²) in [6.45, 7) is 10.9. The number of aromatic nitrogens is 2. The number of para-hydroxylation sites is 1. The molecule has 22 heteroatoms. The molecule has 7 aliphatic rings. The van der Waals surface area contributed by atoms with Gasteiger partial charge in [0.1, 0.15) is 23.9 Å². The van der Waals surface area contributed by atoms with Gasteiger partial charge >= 0.3 is 0 Å². The Balaban J connectivity index is 0.000000130. The number of aryl methyl sites for hydroxylation is 1. The molecule has 3 aliphatic carbocycles. The molecule has 732 valence electrons. The van der Waals surface area contributed by atoms with E-state index >= 15 is 0 Å². The van der Waals surface area contributed by atoms with Gasteiger partial charge in [0.15, 0.2) is 0 Å². The van der Waals surface area contributed by atoms with Gasteiger partial charge in [-0.25, -0.2) is 0 Å². The highest BCUT2D eigenvalue weighted by Gasteiger charge is 2.45. The number of nitrogens with one attached hydrogen (secondary N) is 4. The van der Waals surface area contributed by atoms with Gasteiger partial charge in [-0.3, -0.25) is 24.2 Å². The number of carbonyl (C=O) groups excluding carboxylic acids is 4. The molecule has 4 amide bonds. The van der Waals surface area contributed by atoms with Crippen LogP contribution in [-0.4, -0.2) is 165 Å². The Bertz CT molecular complexity index is 6300. The Morgan fingerprint density at radius 3 is 1.24 bits per heavy atom. The molecule has 4 aliphatic heterocycles. The van der Waals surface area contributed by atoms with Crippen LogP contribution >= 0.6 is 46.4 Å². The van der Waals surface area contributed by atoms with Crippen molar-refractivity contribution in [1.29, 1.82) is 0 Å². The van der Waals surface area contributed by atoms with Crippen LogP contribution in [0.3, 0.4) is 0 Å². The number of nitrogens with zero attached hydrogens (tertiary/aromatic N) is 6. The number of likely N-dealkylation sites (N-methyl/N-ethyl adjacent to an activating group) is 1. The van der Waals surface area contributed by atoms with Crippen LogP contribution < -0.4 is 35.5 Å². The quantitative estimate of drug-likeness (QED) is 0.0292. The monoisotopic (exact) mass is 1970 g/mol. The van der Waals surface area contributed by atoms with Crippen LogP contribution in [-0.2, 0) is 63.1 Å². The zero-order chi connectivity index (χ0) is 97.5. The molecule has 0 radical (unpaired) electrons. The van der Waals surface area contributed by atoms with Crippen LogP contribution in [0.4, 0.5) is 0 Å². The third-order valence-corrected chi connectivity index (χ3v) is 30.6. The molecule has 0 spiro atoms. The summed E-state index contributed by atoms with van der Waals surface area (Å²) in [5.74, 6) is 3.50. The van der Waals surface area contributed by atoms with Crippen molar-refractivity contribution >= 4 is 80.9 Å². The number of ether oxygens (including phenoxy) is 4. The first kappa shape index (κ1) is 101. The van der Waals surface area contributed by atoms with Gasteiger partial charge in [-0.1, -0.05) is 271 Å². The molecule has 8 atom stereocenters. The largest absolute Gasteiger partial charge is 0.497 e. The fourth-order valence-corrected chi connectivity index (χ4v) is 21.6. The lowest BCUT2D eigenvalue weighted by molar-refractivity contribution is -0.138. The van der Waals surface area contributed by atoms with Crippen molar-refractivity contribution in [2.45, 2.75) is 152 Å². The number of benzene rings is 11. The Kier molecular flexibility index (Phi) is 35.3. The van der Waals surface area contributed by atoms with E-state index in [1.54, 1.807) is 39.7 Å². The number of hydrogen-bond donors (Lipinski definition) is 4. The van der Waals surface area contributed by atoms with E-state index in [2.05, 4.69) is 236 Å². The molecule has 2 aromatic heterocycles. The van der Waals surface area contributed by atoms with Crippen LogP contribution in [0.15, 0.2) is 298 Å². The highest BCUT2D eigenvalue weighted by atomic mass is 35.5. The molecule has 20 rings (SSSR count). The number of halogens is 4. The maximum Gasteiger partial charge on any atom is 0.228 e. The molecule has 4 N–H and O–H groups in total. The summed E-state index contributed by atoms with van der Waals surface area (Å²) in [5.41, 5.74) is 18.5. The maximum absolute atomic E-state index is 14.3. The number of pyridine rings is 1. The number of amides is 4. The minimum absolute atomic E-state index is 0.0226. The first-order chi connectivity index (χ1) is 69.0. The van der Waals surface area contributed by atoms with Crippen LogP contribution in [0.25, 0.3) is 44.3 Å². The molecule has 3 saturated carbocycles. The SMILES string of the molecule is CN(CCc1ccccc1)C(=O)[C@H]1CNCC[C@@H]1c1cccc(-c2ccccc2)c1.COCCCn1cc(CN(C(=O)[C@H]2CNCC[C@@H]2c2cccc(-c3ccccc3)c2)C2CC2)c2ccccc21.COc1cc(COc2cccc([C@H]3CCNC[C@@H]3C(=O)N(Cc3cccc(Cl)c3Cl)C3CC3)c2)cc(OC)c1.O=C([C@H]1CNCC[C@@H]1c1cccc(-c2cccnc2)c1)N(Cc1cccc(Cl)c1Cl)C1CC1. The van der Waals surface area contributed by atoms with Gasteiger partial charge in [-0.15, -0.1) is 0 Å². The molecule has 13 aromatic rings. The zero-order valence-electron chi connectivity index (χ0n) is 81.2. The highest BCUT2D eigenvalue weighted by Crippen LogP contribution is 2.45. The summed E-state index contributed by atoms with van der Waals surface area (Å²) < 4.78 is 24.6. The second-order valence-corrected chi connectivity index (χ2v) is 40.1. The number of hydrogen-bond acceptors (Lipinski definition) is 13. The summed E-state index contributed by atoms with van der Waals surface area (Å²) >= 11 is 25.5. The fourth-order valence-electron chi connectivity index (χ4n) is 20.9. The van der Waals surface area contributed by atoms with Crippen LogP contribution in [0.2, 0.25) is 20.1 Å². The lowest BCUT2D eigenvalue weighted by Gasteiger charge is -2.36. The predicted octanol–water partition coefficient (Wildman–Crippen LogP) is 23.4. The first-order valence-electron chi connectivity index (χ1n) is 50.2. The summed E-state index contributed by atoms with van der Waals surface area (Å²) in [5, 5.41) is 17.2. The third-order valence-electron chi connectivity index (χ3n) is 28.9. The van der Waals surface area contributed by atoms with Crippen molar-refractivity contribution in [3.05, 3.63) is 368 Å². The number of methoxy groups -OCH3 is 3. The highest BCUT2D eigenvalue weighted by molar-refractivity contribution is 6.43. The Labute approximate surface area is 851 Å². The smallest absolute Gasteiger partial charge is 0.228 e. The van der Waals surface area contributed by atoms with Gasteiger partial charge in [-0.05, 0) is 259 Å². The zero-order valence-corrected chi connectivity index (χ0v) is 84.2. The maximum atomic E-state index is 14.3. The van der Waals surface area contributed by atoms with Gasteiger partial charge in [0.05, 0.1) is 58.0 Å². The first-order valence-corrected chi connectivity index (χ1v) is 51.7. The summed E-state index contributed by atoms with van der Waals surface area (Å²) in [4.78, 5) is 68.1. The Hall–Kier alpha value is -11.7. The molecule has 4 saturated heterocycles. The van der Waals surface area contributed by atoms with Crippen LogP contribution in [0.5, 0.6) is 17.2 Å². The molecule has 6 heterocycles. The summed E-state index contributed by atoms with van der Waals surface area (Å²) in [6.07, 6.45) is 17.9.